The van der Waals surface area contributed by atoms with Crippen LogP contribution in [0.2, 0.25) is 0 Å². The molecule has 3 rings (SSSR count). The maximum Gasteiger partial charge on any atom is 0.131 e. The maximum absolute atomic E-state index is 10.9. The molecule has 0 bridgehead atoms. The molecule has 0 spiro atoms. The zero-order valence-electron chi connectivity index (χ0n) is 17.1. The Bertz CT molecular complexity index is 796. The fourth-order valence-corrected chi connectivity index (χ4v) is 4.43. The van der Waals surface area contributed by atoms with Gasteiger partial charge in [-0.1, -0.05) is 38.0 Å². The molecule has 0 radical (unpaired) electrons. The number of aliphatic hydroxyl groups is 1. The minimum absolute atomic E-state index is 0.127. The molecule has 1 atom stereocenters. The molecular weight excluding hydrogens is 346 g/mol. The van der Waals surface area contributed by atoms with Crippen LogP contribution in [0.1, 0.15) is 56.4 Å². The van der Waals surface area contributed by atoms with Gasteiger partial charge < -0.3 is 15.7 Å². The molecule has 4 heteroatoms. The van der Waals surface area contributed by atoms with Gasteiger partial charge in [-0.2, -0.15) is 0 Å². The maximum atomic E-state index is 10.9. The number of hydrogen-bond donors (Lipinski definition) is 4. The van der Waals surface area contributed by atoms with Crippen LogP contribution in [0.4, 0.5) is 5.69 Å². The number of nitrogens with one attached hydrogen (secondary N) is 3. The number of dihydropyridines is 1. The largest absolute Gasteiger partial charge is 0.388 e. The second-order valence-electron chi connectivity index (χ2n) is 7.91. The lowest BCUT2D eigenvalue weighted by atomic mass is 9.68. The van der Waals surface area contributed by atoms with Gasteiger partial charge in [0.15, 0.2) is 0 Å². The van der Waals surface area contributed by atoms with E-state index in [1.54, 1.807) is 0 Å². The van der Waals surface area contributed by atoms with Crippen molar-refractivity contribution >= 4 is 11.3 Å². The quantitative estimate of drug-likeness (QED) is 0.416. The molecule has 1 aliphatic carbocycles. The van der Waals surface area contributed by atoms with Gasteiger partial charge in [0.1, 0.15) is 6.23 Å². The summed E-state index contributed by atoms with van der Waals surface area (Å²) >= 11 is 0. The van der Waals surface area contributed by atoms with Crippen LogP contribution in [0.3, 0.4) is 0 Å². The molecule has 1 aromatic rings. The van der Waals surface area contributed by atoms with E-state index in [0.717, 1.165) is 35.5 Å². The number of allylic oxidation sites excluding steroid dienone is 3. The summed E-state index contributed by atoms with van der Waals surface area (Å²) in [5.74, 6) is 0. The third-order valence-electron chi connectivity index (χ3n) is 6.23. The van der Waals surface area contributed by atoms with Crippen molar-refractivity contribution in [3.63, 3.8) is 0 Å². The molecule has 28 heavy (non-hydrogen) atoms. The van der Waals surface area contributed by atoms with Crippen LogP contribution < -0.4 is 16.0 Å². The van der Waals surface area contributed by atoms with Crippen molar-refractivity contribution in [2.24, 2.45) is 5.41 Å². The standard InChI is InChI=1S/C24H33N3O/c1-4-18(2)21-15-19(10-11-22(21)25-3)23(28)27-17-24(12-6-5-7-13-24)20-9-8-14-26-16-20/h8-11,14-15,23,25-28H,1,5-7,12-13,16-17H2,2-3H3. The molecule has 1 fully saturated rings. The summed E-state index contributed by atoms with van der Waals surface area (Å²) in [4.78, 5) is 0. The van der Waals surface area contributed by atoms with E-state index >= 15 is 0 Å². The first-order valence-corrected chi connectivity index (χ1v) is 10.3. The van der Waals surface area contributed by atoms with Crippen LogP contribution in [0.25, 0.3) is 5.57 Å². The second kappa shape index (κ2) is 9.29. The summed E-state index contributed by atoms with van der Waals surface area (Å²) in [6, 6.07) is 6.00. The molecule has 0 aromatic heterocycles. The highest BCUT2D eigenvalue weighted by molar-refractivity contribution is 5.75. The van der Waals surface area contributed by atoms with Crippen LogP contribution in [0, 0.1) is 5.41 Å². The number of rotatable bonds is 7. The minimum Gasteiger partial charge on any atom is -0.388 e. The first kappa shape index (κ1) is 20.5. The number of hydrogen-bond acceptors (Lipinski definition) is 4. The highest BCUT2D eigenvalue weighted by Gasteiger charge is 2.36. The van der Waals surface area contributed by atoms with Crippen LogP contribution in [-0.4, -0.2) is 25.2 Å². The monoisotopic (exact) mass is 379 g/mol. The summed E-state index contributed by atoms with van der Waals surface area (Å²) < 4.78 is 0. The van der Waals surface area contributed by atoms with Crippen molar-refractivity contribution in [1.29, 1.82) is 0 Å². The van der Waals surface area contributed by atoms with E-state index in [9.17, 15) is 5.11 Å². The number of benzene rings is 1. The summed E-state index contributed by atoms with van der Waals surface area (Å²) in [5.41, 5.74) is 8.40. The van der Waals surface area contributed by atoms with Gasteiger partial charge in [0.25, 0.3) is 0 Å². The molecule has 150 valence electrons. The van der Waals surface area contributed by atoms with Crippen molar-refractivity contribution in [3.05, 3.63) is 65.6 Å². The fourth-order valence-electron chi connectivity index (χ4n) is 4.43. The summed E-state index contributed by atoms with van der Waals surface area (Å²) in [6.07, 6.45) is 11.8. The van der Waals surface area contributed by atoms with E-state index in [0.29, 0.717) is 0 Å². The van der Waals surface area contributed by atoms with Gasteiger partial charge in [-0.05, 0) is 60.9 Å². The van der Waals surface area contributed by atoms with Gasteiger partial charge in [-0.3, -0.25) is 5.32 Å². The Labute approximate surface area is 169 Å². The molecule has 1 heterocycles. The lowest BCUT2D eigenvalue weighted by Crippen LogP contribution is -2.41. The van der Waals surface area contributed by atoms with E-state index in [-0.39, 0.29) is 5.41 Å². The zero-order valence-corrected chi connectivity index (χ0v) is 17.1. The van der Waals surface area contributed by atoms with Gasteiger partial charge in [-0.15, -0.1) is 5.73 Å². The third-order valence-corrected chi connectivity index (χ3v) is 6.23. The average molecular weight is 380 g/mol. The summed E-state index contributed by atoms with van der Waals surface area (Å²) in [5, 5.41) is 20.9. The Morgan fingerprint density at radius 2 is 2.11 bits per heavy atom. The Morgan fingerprint density at radius 1 is 1.32 bits per heavy atom. The van der Waals surface area contributed by atoms with E-state index in [4.69, 9.17) is 0 Å². The van der Waals surface area contributed by atoms with E-state index in [2.05, 4.69) is 40.4 Å². The van der Waals surface area contributed by atoms with Gasteiger partial charge >= 0.3 is 0 Å². The van der Waals surface area contributed by atoms with Gasteiger partial charge in [0, 0.05) is 36.8 Å². The second-order valence-corrected chi connectivity index (χ2v) is 7.91. The van der Waals surface area contributed by atoms with E-state index in [1.165, 1.54) is 37.7 Å². The molecule has 2 aliphatic rings. The highest BCUT2D eigenvalue weighted by atomic mass is 16.3. The predicted molar refractivity (Wildman–Crippen MR) is 118 cm³/mol. The van der Waals surface area contributed by atoms with Crippen LogP contribution in [0.15, 0.2) is 54.4 Å². The SMILES string of the molecule is C=C=C(C)c1cc(C(O)NCC2(C3=CC=CNC3)CCCCC2)ccc1NC. The zero-order chi connectivity index (χ0) is 20.0. The van der Waals surface area contributed by atoms with Crippen LogP contribution in [0.5, 0.6) is 0 Å². The molecule has 1 saturated carbocycles. The number of aliphatic hydroxyl groups excluding tert-OH is 1. The molecule has 1 aromatic carbocycles. The van der Waals surface area contributed by atoms with Crippen molar-refractivity contribution < 1.29 is 5.11 Å². The first-order valence-electron chi connectivity index (χ1n) is 10.3. The lowest BCUT2D eigenvalue weighted by Gasteiger charge is -2.41. The van der Waals surface area contributed by atoms with Crippen molar-refractivity contribution in [1.82, 2.24) is 10.6 Å². The van der Waals surface area contributed by atoms with Crippen molar-refractivity contribution in [3.8, 4) is 0 Å². The summed E-state index contributed by atoms with van der Waals surface area (Å²) in [6.45, 7) is 7.43. The first-order chi connectivity index (χ1) is 13.6. The molecule has 1 unspecified atom stereocenters. The molecule has 1 aliphatic heterocycles. The Balaban J connectivity index is 1.78. The molecule has 0 amide bonds. The van der Waals surface area contributed by atoms with Crippen LogP contribution in [-0.2, 0) is 0 Å². The molecule has 4 nitrogen and oxygen atoms in total. The minimum atomic E-state index is -0.700. The van der Waals surface area contributed by atoms with E-state index in [1.807, 2.05) is 38.4 Å². The third kappa shape index (κ3) is 4.41. The van der Waals surface area contributed by atoms with Gasteiger partial charge in [0.2, 0.25) is 0 Å². The number of anilines is 1. The predicted octanol–water partition coefficient (Wildman–Crippen LogP) is 4.49. The van der Waals surface area contributed by atoms with Crippen molar-refractivity contribution in [2.75, 3.05) is 25.5 Å². The van der Waals surface area contributed by atoms with E-state index < -0.39 is 6.23 Å². The summed E-state index contributed by atoms with van der Waals surface area (Å²) in [7, 11) is 1.90. The molecular formula is C24H33N3O. The topological polar surface area (TPSA) is 56.3 Å². The highest BCUT2D eigenvalue weighted by Crippen LogP contribution is 2.42. The van der Waals surface area contributed by atoms with Gasteiger partial charge in [-0.25, -0.2) is 0 Å². The lowest BCUT2D eigenvalue weighted by molar-refractivity contribution is 0.110. The Kier molecular flexibility index (Phi) is 6.79. The van der Waals surface area contributed by atoms with Crippen LogP contribution >= 0.6 is 0 Å². The molecule has 0 saturated heterocycles. The normalized spacial score (nSPS) is 19.2. The average Bonchev–Trinajstić information content (AvgIpc) is 2.77. The van der Waals surface area contributed by atoms with Crippen molar-refractivity contribution in [2.45, 2.75) is 45.3 Å². The van der Waals surface area contributed by atoms with Gasteiger partial charge in [0.05, 0.1) is 0 Å². The fraction of sp³-hybridized carbons (Fsp3) is 0.458. The Morgan fingerprint density at radius 3 is 2.75 bits per heavy atom. The molecule has 4 N–H and O–H groups in total. The smallest absolute Gasteiger partial charge is 0.131 e. The Hall–Kier alpha value is -2.26.